The summed E-state index contributed by atoms with van der Waals surface area (Å²) in [5, 5.41) is 0.790. The van der Waals surface area contributed by atoms with Crippen LogP contribution < -0.4 is 10.5 Å². The molecule has 0 bridgehead atoms. The predicted octanol–water partition coefficient (Wildman–Crippen LogP) is 2.55. The zero-order chi connectivity index (χ0) is 10.6. The molecule has 0 aliphatic heterocycles. The Morgan fingerprint density at radius 2 is 2.14 bits per heavy atom. The second-order valence-electron chi connectivity index (χ2n) is 3.31. The van der Waals surface area contributed by atoms with Gasteiger partial charge in [0.25, 0.3) is 0 Å². The third-order valence-electron chi connectivity index (χ3n) is 2.21. The molecule has 0 aliphatic carbocycles. The van der Waals surface area contributed by atoms with Crippen molar-refractivity contribution in [3.8, 4) is 5.75 Å². The summed E-state index contributed by atoms with van der Waals surface area (Å²) < 4.78 is 5.28. The molecule has 0 aliphatic rings. The molecule has 0 unspecified atom stereocenters. The number of benzene rings is 1. The summed E-state index contributed by atoms with van der Waals surface area (Å²) in [6, 6.07) is 3.93. The first-order valence-corrected chi connectivity index (χ1v) is 5.10. The van der Waals surface area contributed by atoms with Crippen molar-refractivity contribution < 1.29 is 4.74 Å². The lowest BCUT2D eigenvalue weighted by molar-refractivity contribution is 0.409. The van der Waals surface area contributed by atoms with Crippen molar-refractivity contribution in [1.29, 1.82) is 0 Å². The maximum atomic E-state index is 6.03. The van der Waals surface area contributed by atoms with E-state index >= 15 is 0 Å². The molecule has 1 aromatic rings. The van der Waals surface area contributed by atoms with Crippen molar-refractivity contribution in [2.45, 2.75) is 19.8 Å². The molecule has 1 aromatic carbocycles. The second-order valence-corrected chi connectivity index (χ2v) is 3.71. The number of ether oxygens (including phenoxy) is 1. The van der Waals surface area contributed by atoms with Crippen LogP contribution >= 0.6 is 11.6 Å². The Kier molecular flexibility index (Phi) is 4.23. The van der Waals surface area contributed by atoms with E-state index in [9.17, 15) is 0 Å². The fourth-order valence-electron chi connectivity index (χ4n) is 1.37. The minimum Gasteiger partial charge on any atom is -0.496 e. The monoisotopic (exact) mass is 213 g/mol. The van der Waals surface area contributed by atoms with Crippen LogP contribution in [0.3, 0.4) is 0 Å². The van der Waals surface area contributed by atoms with Crippen molar-refractivity contribution in [3.05, 3.63) is 28.3 Å². The second kappa shape index (κ2) is 5.23. The minimum atomic E-state index is 0.689. The molecular formula is C11H16ClNO. The predicted molar refractivity (Wildman–Crippen MR) is 60.1 cm³/mol. The van der Waals surface area contributed by atoms with Crippen molar-refractivity contribution in [2.24, 2.45) is 5.73 Å². The molecule has 0 spiro atoms. The topological polar surface area (TPSA) is 35.2 Å². The van der Waals surface area contributed by atoms with Gasteiger partial charge in [-0.1, -0.05) is 11.6 Å². The van der Waals surface area contributed by atoms with Crippen LogP contribution in [0.1, 0.15) is 17.5 Å². The van der Waals surface area contributed by atoms with Gasteiger partial charge in [-0.3, -0.25) is 0 Å². The first-order chi connectivity index (χ1) is 6.69. The van der Waals surface area contributed by atoms with E-state index in [4.69, 9.17) is 22.1 Å². The Morgan fingerprint density at radius 3 is 2.71 bits per heavy atom. The molecule has 14 heavy (non-hydrogen) atoms. The molecule has 0 atom stereocenters. The Labute approximate surface area is 90.0 Å². The first-order valence-electron chi connectivity index (χ1n) is 4.72. The molecule has 0 heterocycles. The van der Waals surface area contributed by atoms with E-state index in [1.54, 1.807) is 7.11 Å². The van der Waals surface area contributed by atoms with E-state index < -0.39 is 0 Å². The van der Waals surface area contributed by atoms with Crippen molar-refractivity contribution >= 4 is 11.6 Å². The van der Waals surface area contributed by atoms with Crippen LogP contribution in [-0.2, 0) is 6.42 Å². The van der Waals surface area contributed by atoms with Crippen molar-refractivity contribution in [2.75, 3.05) is 13.7 Å². The molecule has 1 rings (SSSR count). The van der Waals surface area contributed by atoms with Gasteiger partial charge in [-0.25, -0.2) is 0 Å². The first kappa shape index (κ1) is 11.3. The molecule has 0 saturated heterocycles. The molecule has 3 heteroatoms. The van der Waals surface area contributed by atoms with Gasteiger partial charge >= 0.3 is 0 Å². The highest BCUT2D eigenvalue weighted by atomic mass is 35.5. The number of hydrogen-bond donors (Lipinski definition) is 1. The van der Waals surface area contributed by atoms with E-state index in [1.807, 2.05) is 19.1 Å². The average Bonchev–Trinajstić information content (AvgIpc) is 2.19. The van der Waals surface area contributed by atoms with Gasteiger partial charge in [0.05, 0.1) is 7.11 Å². The Morgan fingerprint density at radius 1 is 1.43 bits per heavy atom. The Balaban J connectivity index is 2.95. The largest absolute Gasteiger partial charge is 0.496 e. The van der Waals surface area contributed by atoms with Gasteiger partial charge in [0.1, 0.15) is 5.75 Å². The molecule has 0 radical (unpaired) electrons. The zero-order valence-corrected chi connectivity index (χ0v) is 9.40. The van der Waals surface area contributed by atoms with Gasteiger partial charge in [0, 0.05) is 5.02 Å². The molecule has 0 fully saturated rings. The number of halogens is 1. The summed E-state index contributed by atoms with van der Waals surface area (Å²) in [6.07, 6.45) is 1.87. The fourth-order valence-corrected chi connectivity index (χ4v) is 1.56. The summed E-state index contributed by atoms with van der Waals surface area (Å²) >= 11 is 6.03. The van der Waals surface area contributed by atoms with Gasteiger partial charge in [0.2, 0.25) is 0 Å². The summed E-state index contributed by atoms with van der Waals surface area (Å²) in [7, 11) is 1.68. The van der Waals surface area contributed by atoms with Crippen LogP contribution in [-0.4, -0.2) is 13.7 Å². The minimum absolute atomic E-state index is 0.689. The van der Waals surface area contributed by atoms with E-state index in [0.29, 0.717) is 6.54 Å². The average molecular weight is 214 g/mol. The van der Waals surface area contributed by atoms with Crippen LogP contribution in [0.5, 0.6) is 5.75 Å². The summed E-state index contributed by atoms with van der Waals surface area (Å²) in [4.78, 5) is 0. The van der Waals surface area contributed by atoms with Crippen LogP contribution in [0, 0.1) is 6.92 Å². The number of rotatable bonds is 4. The van der Waals surface area contributed by atoms with E-state index in [2.05, 4.69) is 0 Å². The Bertz CT molecular complexity index is 312. The lowest BCUT2D eigenvalue weighted by Gasteiger charge is -2.10. The molecular weight excluding hydrogens is 198 g/mol. The van der Waals surface area contributed by atoms with Gasteiger partial charge in [0.15, 0.2) is 0 Å². The van der Waals surface area contributed by atoms with Crippen LogP contribution in [0.15, 0.2) is 12.1 Å². The lowest BCUT2D eigenvalue weighted by Crippen LogP contribution is -2.02. The highest BCUT2D eigenvalue weighted by molar-refractivity contribution is 6.31. The van der Waals surface area contributed by atoms with Crippen LogP contribution in [0.25, 0.3) is 0 Å². The molecule has 0 amide bonds. The van der Waals surface area contributed by atoms with Crippen molar-refractivity contribution in [1.82, 2.24) is 0 Å². The highest BCUT2D eigenvalue weighted by Gasteiger charge is 2.05. The SMILES string of the molecule is COc1cc(C)c(Cl)cc1CCCN. The summed E-state index contributed by atoms with van der Waals surface area (Å²) in [5.74, 6) is 0.903. The van der Waals surface area contributed by atoms with Crippen molar-refractivity contribution in [3.63, 3.8) is 0 Å². The van der Waals surface area contributed by atoms with Gasteiger partial charge in [-0.2, -0.15) is 0 Å². The summed E-state index contributed by atoms with van der Waals surface area (Å²) in [6.45, 7) is 2.66. The van der Waals surface area contributed by atoms with E-state index in [1.165, 1.54) is 0 Å². The number of methoxy groups -OCH3 is 1. The molecule has 0 saturated carbocycles. The van der Waals surface area contributed by atoms with Crippen LogP contribution in [0.2, 0.25) is 5.02 Å². The Hall–Kier alpha value is -0.730. The maximum absolute atomic E-state index is 6.03. The van der Waals surface area contributed by atoms with E-state index in [0.717, 1.165) is 34.7 Å². The smallest absolute Gasteiger partial charge is 0.122 e. The third kappa shape index (κ3) is 2.63. The normalized spacial score (nSPS) is 10.3. The molecule has 2 N–H and O–H groups in total. The zero-order valence-electron chi connectivity index (χ0n) is 8.64. The standard InChI is InChI=1S/C11H16ClNO/c1-8-6-11(14-2)9(4-3-5-13)7-10(8)12/h6-7H,3-5,13H2,1-2H3. The molecule has 2 nitrogen and oxygen atoms in total. The molecule has 78 valence electrons. The maximum Gasteiger partial charge on any atom is 0.122 e. The number of nitrogens with two attached hydrogens (primary N) is 1. The third-order valence-corrected chi connectivity index (χ3v) is 2.62. The summed E-state index contributed by atoms with van der Waals surface area (Å²) in [5.41, 5.74) is 7.64. The van der Waals surface area contributed by atoms with E-state index in [-0.39, 0.29) is 0 Å². The number of hydrogen-bond acceptors (Lipinski definition) is 2. The highest BCUT2D eigenvalue weighted by Crippen LogP contribution is 2.27. The van der Waals surface area contributed by atoms with Gasteiger partial charge in [-0.15, -0.1) is 0 Å². The molecule has 0 aromatic heterocycles. The van der Waals surface area contributed by atoms with Gasteiger partial charge < -0.3 is 10.5 Å². The number of aryl methyl sites for hydroxylation is 2. The lowest BCUT2D eigenvalue weighted by atomic mass is 10.1. The van der Waals surface area contributed by atoms with Crippen LogP contribution in [0.4, 0.5) is 0 Å². The fraction of sp³-hybridized carbons (Fsp3) is 0.455. The quantitative estimate of drug-likeness (QED) is 0.835. The van der Waals surface area contributed by atoms with Gasteiger partial charge in [-0.05, 0) is 49.6 Å².